The monoisotopic (exact) mass is 196 g/mol. The van der Waals surface area contributed by atoms with Crippen LogP contribution in [0.1, 0.15) is 38.5 Å². The van der Waals surface area contributed by atoms with Crippen LogP contribution in [0.25, 0.3) is 0 Å². The zero-order valence-corrected chi connectivity index (χ0v) is 9.23. The molecule has 0 radical (unpaired) electrons. The van der Waals surface area contributed by atoms with Gasteiger partial charge < -0.3 is 0 Å². The third kappa shape index (κ3) is 1.96. The van der Waals surface area contributed by atoms with Gasteiger partial charge in [0.2, 0.25) is 0 Å². The van der Waals surface area contributed by atoms with Crippen LogP contribution in [0.15, 0.2) is 12.2 Å². The predicted molar refractivity (Wildman–Crippen MR) is 61.2 cm³/mol. The van der Waals surface area contributed by atoms with Gasteiger partial charge in [0.1, 0.15) is 0 Å². The van der Waals surface area contributed by atoms with Gasteiger partial charge in [-0.05, 0) is 55.6 Å². The van der Waals surface area contributed by atoms with E-state index in [1.807, 2.05) is 0 Å². The Labute approximate surface area is 87.2 Å². The minimum absolute atomic E-state index is 0.888. The first kappa shape index (κ1) is 9.64. The van der Waals surface area contributed by atoms with Crippen molar-refractivity contribution in [1.82, 2.24) is 0 Å². The molecule has 3 atom stereocenters. The molecule has 0 nitrogen and oxygen atoms in total. The fourth-order valence-electron chi connectivity index (χ4n) is 3.24. The lowest BCUT2D eigenvalue weighted by Crippen LogP contribution is -2.12. The number of rotatable bonds is 4. The Morgan fingerprint density at radius 3 is 2.69 bits per heavy atom. The van der Waals surface area contributed by atoms with Gasteiger partial charge in [-0.25, -0.2) is 0 Å². The van der Waals surface area contributed by atoms with Crippen molar-refractivity contribution >= 4 is 12.6 Å². The van der Waals surface area contributed by atoms with Crippen molar-refractivity contribution in [1.29, 1.82) is 0 Å². The Morgan fingerprint density at radius 2 is 2.15 bits per heavy atom. The fourth-order valence-corrected chi connectivity index (χ4v) is 3.39. The van der Waals surface area contributed by atoms with Crippen molar-refractivity contribution in [2.24, 2.45) is 17.8 Å². The maximum atomic E-state index is 4.26. The van der Waals surface area contributed by atoms with Crippen LogP contribution < -0.4 is 0 Å². The van der Waals surface area contributed by atoms with E-state index in [0.717, 1.165) is 23.5 Å². The molecule has 2 fully saturated rings. The molecule has 2 bridgehead atoms. The van der Waals surface area contributed by atoms with Crippen LogP contribution in [0.2, 0.25) is 0 Å². The number of allylic oxidation sites excluding steroid dienone is 1. The van der Waals surface area contributed by atoms with Gasteiger partial charge in [0.05, 0.1) is 0 Å². The van der Waals surface area contributed by atoms with E-state index < -0.39 is 0 Å². The Hall–Kier alpha value is 0.0900. The number of hydrogen-bond acceptors (Lipinski definition) is 1. The molecule has 0 aromatic carbocycles. The van der Waals surface area contributed by atoms with Gasteiger partial charge in [0.15, 0.2) is 0 Å². The Kier molecular flexibility index (Phi) is 3.02. The molecule has 3 unspecified atom stereocenters. The van der Waals surface area contributed by atoms with E-state index >= 15 is 0 Å². The highest BCUT2D eigenvalue weighted by Crippen LogP contribution is 2.51. The molecule has 0 aliphatic heterocycles. The largest absolute Gasteiger partial charge is 0.179 e. The summed E-state index contributed by atoms with van der Waals surface area (Å²) in [6.07, 6.45) is 8.38. The fraction of sp³-hybridized carbons (Fsp3) is 0.833. The van der Waals surface area contributed by atoms with Crippen LogP contribution in [0.5, 0.6) is 0 Å². The van der Waals surface area contributed by atoms with Crippen LogP contribution in [-0.4, -0.2) is 5.75 Å². The first-order chi connectivity index (χ1) is 6.31. The summed E-state index contributed by atoms with van der Waals surface area (Å²) in [4.78, 5) is 0. The second kappa shape index (κ2) is 4.08. The van der Waals surface area contributed by atoms with Gasteiger partial charge in [-0.2, -0.15) is 12.6 Å². The van der Waals surface area contributed by atoms with Crippen LogP contribution in [-0.2, 0) is 0 Å². The highest BCUT2D eigenvalue weighted by Gasteiger charge is 2.40. The molecule has 13 heavy (non-hydrogen) atoms. The van der Waals surface area contributed by atoms with Crippen molar-refractivity contribution < 1.29 is 0 Å². The molecule has 0 aromatic heterocycles. The van der Waals surface area contributed by atoms with E-state index in [9.17, 15) is 0 Å². The van der Waals surface area contributed by atoms with E-state index in [2.05, 4.69) is 19.2 Å². The number of thiol groups is 1. The lowest BCUT2D eigenvalue weighted by atomic mass is 9.82. The summed E-state index contributed by atoms with van der Waals surface area (Å²) < 4.78 is 0. The predicted octanol–water partition coefficient (Wildman–Crippen LogP) is 3.69. The van der Waals surface area contributed by atoms with Crippen molar-refractivity contribution in [2.75, 3.05) is 5.75 Å². The zero-order chi connectivity index (χ0) is 9.26. The molecule has 1 heteroatoms. The topological polar surface area (TPSA) is 0 Å². The lowest BCUT2D eigenvalue weighted by Gasteiger charge is -2.23. The second-order valence-corrected chi connectivity index (χ2v) is 5.21. The maximum Gasteiger partial charge on any atom is -0.00949 e. The molecule has 0 N–H and O–H groups in total. The van der Waals surface area contributed by atoms with E-state index in [1.165, 1.54) is 44.1 Å². The van der Waals surface area contributed by atoms with E-state index in [0.29, 0.717) is 0 Å². The molecule has 2 aliphatic rings. The van der Waals surface area contributed by atoms with E-state index in [1.54, 1.807) is 0 Å². The van der Waals surface area contributed by atoms with Gasteiger partial charge in [-0.15, -0.1) is 0 Å². The quantitative estimate of drug-likeness (QED) is 0.514. The molecular formula is C12H20S. The molecule has 0 saturated heterocycles. The van der Waals surface area contributed by atoms with Gasteiger partial charge in [-0.1, -0.05) is 18.6 Å². The molecule has 0 amide bonds. The molecule has 2 rings (SSSR count). The van der Waals surface area contributed by atoms with Crippen molar-refractivity contribution in [3.63, 3.8) is 0 Å². The molecule has 74 valence electrons. The molecule has 0 spiro atoms. The molecule has 0 heterocycles. The van der Waals surface area contributed by atoms with Crippen molar-refractivity contribution in [3.8, 4) is 0 Å². The summed E-state index contributed by atoms with van der Waals surface area (Å²) in [5, 5.41) is 0. The van der Waals surface area contributed by atoms with E-state index in [4.69, 9.17) is 0 Å². The Balaban J connectivity index is 1.84. The summed E-state index contributed by atoms with van der Waals surface area (Å²) in [6, 6.07) is 0. The summed E-state index contributed by atoms with van der Waals surface area (Å²) in [5.41, 5.74) is 1.53. The van der Waals surface area contributed by atoms with Crippen LogP contribution in [0, 0.1) is 17.8 Å². The molecular weight excluding hydrogens is 176 g/mol. The third-order valence-electron chi connectivity index (χ3n) is 3.92. The smallest absolute Gasteiger partial charge is 0.00949 e. The highest BCUT2D eigenvalue weighted by atomic mass is 32.1. The summed E-state index contributed by atoms with van der Waals surface area (Å²) in [6.45, 7) is 4.26. The van der Waals surface area contributed by atoms with E-state index in [-0.39, 0.29) is 0 Å². The lowest BCUT2D eigenvalue weighted by molar-refractivity contribution is 0.371. The minimum atomic E-state index is 0.888. The van der Waals surface area contributed by atoms with Gasteiger partial charge >= 0.3 is 0 Å². The normalized spacial score (nSPS) is 36.8. The first-order valence-electron chi connectivity index (χ1n) is 5.59. The first-order valence-corrected chi connectivity index (χ1v) is 6.23. The molecule has 0 aromatic rings. The SMILES string of the molecule is C=C(CCCS)C1CC2CCC1C2. The number of hydrogen-bond donors (Lipinski definition) is 1. The van der Waals surface area contributed by atoms with Gasteiger partial charge in [0.25, 0.3) is 0 Å². The van der Waals surface area contributed by atoms with Crippen LogP contribution in [0.4, 0.5) is 0 Å². The maximum absolute atomic E-state index is 4.26. The molecule has 2 saturated carbocycles. The van der Waals surface area contributed by atoms with Crippen molar-refractivity contribution in [3.05, 3.63) is 12.2 Å². The average Bonchev–Trinajstić information content (AvgIpc) is 2.74. The van der Waals surface area contributed by atoms with Crippen LogP contribution >= 0.6 is 12.6 Å². The van der Waals surface area contributed by atoms with Crippen LogP contribution in [0.3, 0.4) is 0 Å². The average molecular weight is 196 g/mol. The summed E-state index contributed by atoms with van der Waals surface area (Å²) in [5.74, 6) is 3.97. The zero-order valence-electron chi connectivity index (χ0n) is 8.34. The van der Waals surface area contributed by atoms with Crippen molar-refractivity contribution in [2.45, 2.75) is 38.5 Å². The minimum Gasteiger partial charge on any atom is -0.179 e. The van der Waals surface area contributed by atoms with Gasteiger partial charge in [0, 0.05) is 0 Å². The standard InChI is InChI=1S/C12H20S/c1-9(3-2-6-13)12-8-10-4-5-11(12)7-10/h10-13H,1-8H2. The van der Waals surface area contributed by atoms with Gasteiger partial charge in [-0.3, -0.25) is 0 Å². The highest BCUT2D eigenvalue weighted by molar-refractivity contribution is 7.80. The second-order valence-electron chi connectivity index (χ2n) is 4.77. The summed E-state index contributed by atoms with van der Waals surface area (Å²) in [7, 11) is 0. The molecule has 2 aliphatic carbocycles. The Bertz CT molecular complexity index is 197. The Morgan fingerprint density at radius 1 is 1.31 bits per heavy atom. The third-order valence-corrected chi connectivity index (χ3v) is 4.23. The number of fused-ring (bicyclic) bond motifs is 2. The summed E-state index contributed by atoms with van der Waals surface area (Å²) >= 11 is 4.25.